The monoisotopic (exact) mass is 503 g/mol. The van der Waals surface area contributed by atoms with E-state index in [2.05, 4.69) is 11.8 Å². The lowest BCUT2D eigenvalue weighted by atomic mass is 9.97. The highest BCUT2D eigenvalue weighted by atomic mass is 35.5. The average molecular weight is 504 g/mol. The molecule has 0 unspecified atom stereocenters. The summed E-state index contributed by atoms with van der Waals surface area (Å²) in [7, 11) is -3.36. The quantitative estimate of drug-likeness (QED) is 0.573. The van der Waals surface area contributed by atoms with Crippen LogP contribution in [-0.2, 0) is 21.2 Å². The summed E-state index contributed by atoms with van der Waals surface area (Å²) in [6.07, 6.45) is 2.82. The maximum absolute atomic E-state index is 13.3. The van der Waals surface area contributed by atoms with Crippen LogP contribution in [0.3, 0.4) is 0 Å². The molecule has 2 saturated heterocycles. The summed E-state index contributed by atoms with van der Waals surface area (Å²) in [5.41, 5.74) is 3.44. The number of carbonyl (C=O) groups excluding carboxylic acids is 1. The molecule has 4 rings (SSSR count). The number of aryl methyl sites for hydroxylation is 2. The minimum absolute atomic E-state index is 0.0895. The molecule has 0 spiro atoms. The van der Waals surface area contributed by atoms with Crippen molar-refractivity contribution in [2.75, 3.05) is 49.9 Å². The summed E-state index contributed by atoms with van der Waals surface area (Å²) in [5, 5.41) is 0.714. The summed E-state index contributed by atoms with van der Waals surface area (Å²) < 4.78 is 27.5. The van der Waals surface area contributed by atoms with Gasteiger partial charge >= 0.3 is 0 Å². The Morgan fingerprint density at radius 2 is 1.76 bits per heavy atom. The van der Waals surface area contributed by atoms with E-state index in [1.807, 2.05) is 53.4 Å². The first kappa shape index (κ1) is 25.0. The van der Waals surface area contributed by atoms with Crippen LogP contribution in [0.1, 0.15) is 30.4 Å². The molecule has 1 amide bonds. The van der Waals surface area contributed by atoms with Gasteiger partial charge in [0.2, 0.25) is 15.9 Å². The Kier molecular flexibility index (Phi) is 8.17. The molecule has 2 aliphatic rings. The number of rotatable bonds is 7. The number of sulfonamides is 1. The number of benzene rings is 2. The Hall–Kier alpha value is -2.09. The molecule has 0 aromatic heterocycles. The summed E-state index contributed by atoms with van der Waals surface area (Å²) in [6, 6.07) is 15.8. The molecular weight excluding hydrogens is 470 g/mol. The summed E-state index contributed by atoms with van der Waals surface area (Å²) in [4.78, 5) is 17.4. The zero-order chi connectivity index (χ0) is 24.1. The van der Waals surface area contributed by atoms with Crippen molar-refractivity contribution in [2.45, 2.75) is 32.6 Å². The van der Waals surface area contributed by atoms with Gasteiger partial charge in [-0.25, -0.2) is 12.7 Å². The van der Waals surface area contributed by atoms with Crippen molar-refractivity contribution in [1.82, 2.24) is 9.21 Å². The number of carbonyl (C=O) groups is 1. The van der Waals surface area contributed by atoms with Crippen molar-refractivity contribution in [3.8, 4) is 0 Å². The number of nitrogens with zero attached hydrogens (tertiary/aromatic N) is 3. The number of piperidine rings is 1. The second kappa shape index (κ2) is 11.1. The van der Waals surface area contributed by atoms with E-state index < -0.39 is 10.0 Å². The third kappa shape index (κ3) is 6.12. The van der Waals surface area contributed by atoms with Crippen LogP contribution < -0.4 is 4.90 Å². The van der Waals surface area contributed by atoms with Gasteiger partial charge in [-0.3, -0.25) is 4.79 Å². The first-order valence-electron chi connectivity index (χ1n) is 12.1. The Balaban J connectivity index is 1.29. The molecule has 184 valence electrons. The lowest BCUT2D eigenvalue weighted by molar-refractivity contribution is -0.137. The highest BCUT2D eigenvalue weighted by Crippen LogP contribution is 2.27. The predicted molar refractivity (Wildman–Crippen MR) is 138 cm³/mol. The smallest absolute Gasteiger partial charge is 0.227 e. The molecule has 1 atom stereocenters. The molecule has 6 nitrogen and oxygen atoms in total. The maximum Gasteiger partial charge on any atom is 0.227 e. The molecule has 0 aliphatic carbocycles. The van der Waals surface area contributed by atoms with Crippen molar-refractivity contribution in [3.05, 3.63) is 64.7 Å². The highest BCUT2D eigenvalue weighted by molar-refractivity contribution is 7.89. The van der Waals surface area contributed by atoms with Gasteiger partial charge in [0.05, 0.1) is 11.7 Å². The SMILES string of the molecule is Cc1ccc(Cl)cc1N1CCN(C(=O)[C@H]2CCCN(S(=O)(=O)CCCc3ccccc3)C2)CC1. The number of hydrogen-bond donors (Lipinski definition) is 0. The van der Waals surface area contributed by atoms with E-state index in [4.69, 9.17) is 11.6 Å². The van der Waals surface area contributed by atoms with Crippen LogP contribution in [0.2, 0.25) is 5.02 Å². The van der Waals surface area contributed by atoms with Gasteiger partial charge in [-0.05, 0) is 55.9 Å². The minimum Gasteiger partial charge on any atom is -0.368 e. The molecule has 2 aromatic carbocycles. The van der Waals surface area contributed by atoms with Gasteiger partial charge in [0, 0.05) is 50.0 Å². The zero-order valence-corrected chi connectivity index (χ0v) is 21.4. The van der Waals surface area contributed by atoms with Gasteiger partial charge in [0.15, 0.2) is 0 Å². The van der Waals surface area contributed by atoms with Gasteiger partial charge in [-0.2, -0.15) is 0 Å². The number of halogens is 1. The van der Waals surface area contributed by atoms with Crippen molar-refractivity contribution < 1.29 is 13.2 Å². The number of piperazine rings is 1. The van der Waals surface area contributed by atoms with Crippen LogP contribution in [0.4, 0.5) is 5.69 Å². The first-order chi connectivity index (χ1) is 16.3. The topological polar surface area (TPSA) is 60.9 Å². The van der Waals surface area contributed by atoms with Crippen LogP contribution in [-0.4, -0.2) is 68.6 Å². The van der Waals surface area contributed by atoms with Crippen LogP contribution in [0, 0.1) is 12.8 Å². The molecule has 34 heavy (non-hydrogen) atoms. The fourth-order valence-corrected chi connectivity index (χ4v) is 6.73. The molecule has 2 fully saturated rings. The van der Waals surface area contributed by atoms with Crippen LogP contribution in [0.25, 0.3) is 0 Å². The Morgan fingerprint density at radius 3 is 2.50 bits per heavy atom. The standard InChI is InChI=1S/C26H34ClN3O3S/c1-21-11-12-24(27)19-25(21)28-14-16-29(17-15-28)26(31)23-10-5-13-30(20-23)34(32,33)18-6-9-22-7-3-2-4-8-22/h2-4,7-8,11-12,19,23H,5-6,9-10,13-18,20H2,1H3/t23-/m0/s1. The van der Waals surface area contributed by atoms with Crippen molar-refractivity contribution >= 4 is 33.2 Å². The third-order valence-electron chi connectivity index (χ3n) is 6.94. The third-order valence-corrected chi connectivity index (χ3v) is 9.10. The molecular formula is C26H34ClN3O3S. The van der Waals surface area contributed by atoms with E-state index in [0.717, 1.165) is 43.6 Å². The molecule has 2 aromatic rings. The summed E-state index contributed by atoms with van der Waals surface area (Å²) >= 11 is 6.19. The van der Waals surface area contributed by atoms with Crippen molar-refractivity contribution in [2.24, 2.45) is 5.92 Å². The predicted octanol–water partition coefficient (Wildman–Crippen LogP) is 3.97. The largest absolute Gasteiger partial charge is 0.368 e. The Bertz CT molecular complexity index is 1090. The van der Waals surface area contributed by atoms with Gasteiger partial charge in [0.25, 0.3) is 0 Å². The molecule has 2 heterocycles. The van der Waals surface area contributed by atoms with E-state index in [1.54, 1.807) is 4.31 Å². The van der Waals surface area contributed by atoms with Crippen LogP contribution >= 0.6 is 11.6 Å². The number of amides is 1. The van der Waals surface area contributed by atoms with E-state index in [9.17, 15) is 13.2 Å². The Morgan fingerprint density at radius 1 is 1.03 bits per heavy atom. The number of hydrogen-bond acceptors (Lipinski definition) is 4. The van der Waals surface area contributed by atoms with E-state index in [1.165, 1.54) is 5.56 Å². The average Bonchev–Trinajstić information content (AvgIpc) is 2.86. The van der Waals surface area contributed by atoms with E-state index >= 15 is 0 Å². The maximum atomic E-state index is 13.3. The molecule has 0 bridgehead atoms. The summed E-state index contributed by atoms with van der Waals surface area (Å²) in [6.45, 7) is 5.68. The molecule has 0 radical (unpaired) electrons. The first-order valence-corrected chi connectivity index (χ1v) is 14.1. The van der Waals surface area contributed by atoms with E-state index in [-0.39, 0.29) is 17.6 Å². The molecule has 2 aliphatic heterocycles. The van der Waals surface area contributed by atoms with Gasteiger partial charge in [-0.1, -0.05) is 48.0 Å². The molecule has 0 N–H and O–H groups in total. The lowest BCUT2D eigenvalue weighted by Crippen LogP contribution is -2.53. The summed E-state index contributed by atoms with van der Waals surface area (Å²) in [5.74, 6) is -0.0377. The van der Waals surface area contributed by atoms with Gasteiger partial charge < -0.3 is 9.80 Å². The Labute approximate surface area is 208 Å². The zero-order valence-electron chi connectivity index (χ0n) is 19.8. The fourth-order valence-electron chi connectivity index (χ4n) is 4.98. The van der Waals surface area contributed by atoms with Gasteiger partial charge in [-0.15, -0.1) is 0 Å². The second-order valence-electron chi connectivity index (χ2n) is 9.35. The van der Waals surface area contributed by atoms with Crippen LogP contribution in [0.15, 0.2) is 48.5 Å². The van der Waals surface area contributed by atoms with E-state index in [0.29, 0.717) is 37.6 Å². The highest BCUT2D eigenvalue weighted by Gasteiger charge is 2.35. The molecule has 8 heteroatoms. The normalized spacial score (nSPS) is 19.9. The minimum atomic E-state index is -3.36. The number of anilines is 1. The second-order valence-corrected chi connectivity index (χ2v) is 11.9. The molecule has 0 saturated carbocycles. The lowest BCUT2D eigenvalue weighted by Gasteiger charge is -2.40. The van der Waals surface area contributed by atoms with Crippen molar-refractivity contribution in [1.29, 1.82) is 0 Å². The van der Waals surface area contributed by atoms with Crippen molar-refractivity contribution in [3.63, 3.8) is 0 Å². The van der Waals surface area contributed by atoms with Crippen LogP contribution in [0.5, 0.6) is 0 Å². The fraction of sp³-hybridized carbons (Fsp3) is 0.500. The van der Waals surface area contributed by atoms with Gasteiger partial charge in [0.1, 0.15) is 0 Å².